The molecule has 68 heavy (non-hydrogen) atoms. The van der Waals surface area contributed by atoms with Crippen LogP contribution in [0.15, 0.2) is 70.3 Å². The van der Waals surface area contributed by atoms with Crippen LogP contribution >= 0.6 is 0 Å². The number of esters is 2. The third kappa shape index (κ3) is 8.99. The number of methoxy groups -OCH3 is 6. The predicted molar refractivity (Wildman–Crippen MR) is 247 cm³/mol. The quantitative estimate of drug-likeness (QED) is 0.0294. The molecule has 7 aromatic carbocycles. The molecule has 0 aliphatic carbocycles. The van der Waals surface area contributed by atoms with Gasteiger partial charge in [0.25, 0.3) is 0 Å². The van der Waals surface area contributed by atoms with E-state index in [1.165, 1.54) is 105 Å². The van der Waals surface area contributed by atoms with E-state index in [9.17, 15) is 28.8 Å². The van der Waals surface area contributed by atoms with E-state index >= 15 is 0 Å². The van der Waals surface area contributed by atoms with Gasteiger partial charge in [-0.25, -0.2) is 9.59 Å². The van der Waals surface area contributed by atoms with Crippen molar-refractivity contribution in [2.75, 3.05) is 42.7 Å². The minimum atomic E-state index is -1.09. The maximum Gasteiger partial charge on any atom is 0.514 e. The van der Waals surface area contributed by atoms with Gasteiger partial charge in [-0.1, -0.05) is 0 Å². The van der Waals surface area contributed by atoms with Gasteiger partial charge in [-0.05, 0) is 73.2 Å². The lowest BCUT2D eigenvalue weighted by Crippen LogP contribution is -2.23. The maximum atomic E-state index is 14.9. The summed E-state index contributed by atoms with van der Waals surface area (Å²) in [5, 5.41) is 2.22. The van der Waals surface area contributed by atoms with Gasteiger partial charge in [0.15, 0.2) is 11.5 Å². The molecule has 2 atom stereocenters. The predicted octanol–water partition coefficient (Wildman–Crippen LogP) is 8.09. The van der Waals surface area contributed by atoms with Gasteiger partial charge < -0.3 is 56.8 Å². The highest BCUT2D eigenvalue weighted by Crippen LogP contribution is 2.54. The summed E-state index contributed by atoms with van der Waals surface area (Å²) in [6, 6.07) is 14.5. The first kappa shape index (κ1) is 47.7. The molecule has 0 saturated carbocycles. The van der Waals surface area contributed by atoms with Crippen LogP contribution in [0, 0.1) is 0 Å². The van der Waals surface area contributed by atoms with Crippen LogP contribution < -0.4 is 58.2 Å². The van der Waals surface area contributed by atoms with Gasteiger partial charge in [-0.15, -0.1) is 0 Å². The van der Waals surface area contributed by atoms with Gasteiger partial charge in [-0.3, -0.25) is 19.2 Å². The molecule has 0 aromatic heterocycles. The van der Waals surface area contributed by atoms with Gasteiger partial charge in [0, 0.05) is 71.5 Å². The third-order valence-corrected chi connectivity index (χ3v) is 11.0. The Balaban J connectivity index is 1.47. The Morgan fingerprint density at radius 3 is 0.985 bits per heavy atom. The summed E-state index contributed by atoms with van der Waals surface area (Å²) in [5.74, 6) is 0.0979. The van der Waals surface area contributed by atoms with Crippen LogP contribution in [0.5, 0.6) is 57.5 Å². The SMILES string of the molecule is COc1c(CC(C)OC(=O)Oc2ccc(OC(C)=O)cc2)c2c3c(CC(C)OC(=O)Oc4ccc(OC(C)=O)cc4)c(OC)c(=O)c4c(OC)cc(OC)c(c5c(OC)cc(OC)c(c1=O)c52)c43. The van der Waals surface area contributed by atoms with Crippen molar-refractivity contribution < 1.29 is 76.0 Å². The molecule has 18 nitrogen and oxygen atoms in total. The van der Waals surface area contributed by atoms with Crippen LogP contribution in [0.25, 0.3) is 43.1 Å². The number of carbonyl (C=O) groups excluding carboxylic acids is 4. The molecule has 0 heterocycles. The Bertz CT molecular complexity index is 2990. The molecule has 354 valence electrons. The molecule has 0 saturated heterocycles. The Kier molecular flexibility index (Phi) is 13.8. The fraction of sp³-hybridized carbons (Fsp3) is 0.280. The smallest absolute Gasteiger partial charge is 0.496 e. The number of benzene rings is 7. The normalized spacial score (nSPS) is 12.0. The number of fused-ring (bicyclic) bond motifs is 2. The minimum absolute atomic E-state index is 0.0875. The van der Waals surface area contributed by atoms with E-state index in [1.807, 2.05) is 0 Å². The Morgan fingerprint density at radius 2 is 0.706 bits per heavy atom. The van der Waals surface area contributed by atoms with Crippen molar-refractivity contribution in [1.29, 1.82) is 0 Å². The van der Waals surface area contributed by atoms with Crippen molar-refractivity contribution in [1.82, 2.24) is 0 Å². The van der Waals surface area contributed by atoms with Crippen LogP contribution in [-0.2, 0) is 31.9 Å². The van der Waals surface area contributed by atoms with Gasteiger partial charge in [0.05, 0.1) is 53.4 Å². The van der Waals surface area contributed by atoms with Crippen molar-refractivity contribution in [2.24, 2.45) is 0 Å². The van der Waals surface area contributed by atoms with E-state index in [4.69, 9.17) is 56.8 Å². The first-order valence-corrected chi connectivity index (χ1v) is 20.9. The molecule has 0 aliphatic heterocycles. The first-order valence-electron chi connectivity index (χ1n) is 20.9. The van der Waals surface area contributed by atoms with E-state index in [0.717, 1.165) is 0 Å². The number of carbonyl (C=O) groups is 4. The van der Waals surface area contributed by atoms with Crippen molar-refractivity contribution in [2.45, 2.75) is 52.7 Å². The van der Waals surface area contributed by atoms with Gasteiger partial charge in [-0.2, -0.15) is 0 Å². The minimum Gasteiger partial charge on any atom is -0.496 e. The largest absolute Gasteiger partial charge is 0.514 e. The van der Waals surface area contributed by atoms with Crippen molar-refractivity contribution in [3.8, 4) is 57.5 Å². The molecule has 7 aromatic rings. The summed E-state index contributed by atoms with van der Waals surface area (Å²) in [6.07, 6.45) is -4.54. The van der Waals surface area contributed by atoms with Crippen molar-refractivity contribution in [3.63, 3.8) is 0 Å². The van der Waals surface area contributed by atoms with E-state index in [0.29, 0.717) is 32.3 Å². The van der Waals surface area contributed by atoms with Gasteiger partial charge in [0.2, 0.25) is 10.9 Å². The summed E-state index contributed by atoms with van der Waals surface area (Å²) in [5.41, 5.74) is -0.667. The van der Waals surface area contributed by atoms with Crippen molar-refractivity contribution in [3.05, 3.63) is 92.2 Å². The number of hydrogen-bond acceptors (Lipinski definition) is 18. The number of hydrogen-bond donors (Lipinski definition) is 0. The average molecular weight is 935 g/mol. The van der Waals surface area contributed by atoms with Crippen LogP contribution in [0.3, 0.4) is 0 Å². The molecular formula is C50H46O18. The van der Waals surface area contributed by atoms with E-state index in [-0.39, 0.29) is 92.2 Å². The standard InChI is InChI=1S/C50H46O18/c1-23(63-49(55)67-29-15-11-27(12-16-29)65-25(3)51)19-31-37-38-32(20-24(2)64-50(56)68-30-17-13-28(14-18-30)66-26(4)52)48(62-10)46(54)42-36(60-8)22-34(58-6)40(44(38)42)39-33(57-5)21-35(59-7)41(43(37)39)45(53)47(31)61-9/h11-18,21-24H,19-20H2,1-10H3. The second-order valence-electron chi connectivity index (χ2n) is 15.3. The summed E-state index contributed by atoms with van der Waals surface area (Å²) >= 11 is 0. The highest BCUT2D eigenvalue weighted by Gasteiger charge is 2.34. The lowest BCUT2D eigenvalue weighted by atomic mass is 9.81. The van der Waals surface area contributed by atoms with Crippen LogP contribution in [0.4, 0.5) is 9.59 Å². The zero-order valence-electron chi connectivity index (χ0n) is 38.7. The molecule has 2 unspecified atom stereocenters. The van der Waals surface area contributed by atoms with Crippen LogP contribution in [0.2, 0.25) is 0 Å². The lowest BCUT2D eigenvalue weighted by molar-refractivity contribution is -0.132. The summed E-state index contributed by atoms with van der Waals surface area (Å²) in [4.78, 5) is 79.2. The fourth-order valence-electron chi connectivity index (χ4n) is 8.47. The molecule has 0 radical (unpaired) electrons. The Morgan fingerprint density at radius 1 is 0.412 bits per heavy atom. The van der Waals surface area contributed by atoms with Gasteiger partial charge >= 0.3 is 24.2 Å². The second kappa shape index (κ2) is 19.7. The highest BCUT2D eigenvalue weighted by molar-refractivity contribution is 6.38. The van der Waals surface area contributed by atoms with Crippen LogP contribution in [0.1, 0.15) is 38.8 Å². The first-order chi connectivity index (χ1) is 32.6. The molecule has 0 amide bonds. The summed E-state index contributed by atoms with van der Waals surface area (Å²) in [7, 11) is 8.32. The third-order valence-electron chi connectivity index (χ3n) is 11.0. The fourth-order valence-corrected chi connectivity index (χ4v) is 8.47. The number of rotatable bonds is 16. The summed E-state index contributed by atoms with van der Waals surface area (Å²) < 4.78 is 68.1. The Hall–Kier alpha value is -8.28. The molecule has 0 bridgehead atoms. The molecule has 0 N–H and O–H groups in total. The molecule has 7 rings (SSSR count). The molecule has 0 fully saturated rings. The molecule has 0 spiro atoms. The summed E-state index contributed by atoms with van der Waals surface area (Å²) in [6.45, 7) is 5.68. The number of ether oxygens (including phenoxy) is 12. The zero-order valence-corrected chi connectivity index (χ0v) is 38.7. The van der Waals surface area contributed by atoms with E-state index in [2.05, 4.69) is 0 Å². The molecule has 18 heteroatoms. The van der Waals surface area contributed by atoms with Gasteiger partial charge in [0.1, 0.15) is 58.2 Å². The Labute approximate surface area is 387 Å². The van der Waals surface area contributed by atoms with E-state index in [1.54, 1.807) is 26.0 Å². The van der Waals surface area contributed by atoms with E-state index < -0.39 is 47.3 Å². The van der Waals surface area contributed by atoms with Crippen molar-refractivity contribution >= 4 is 67.3 Å². The topological polar surface area (TPSA) is 213 Å². The average Bonchev–Trinajstić information content (AvgIpc) is 3.29. The van der Waals surface area contributed by atoms with Crippen LogP contribution in [-0.4, -0.2) is 79.1 Å². The second-order valence-corrected chi connectivity index (χ2v) is 15.3. The zero-order chi connectivity index (χ0) is 49.1. The lowest BCUT2D eigenvalue weighted by Gasteiger charge is -2.26. The molecular weight excluding hydrogens is 889 g/mol. The molecule has 0 aliphatic rings. The monoisotopic (exact) mass is 934 g/mol. The maximum absolute atomic E-state index is 14.9. The highest BCUT2D eigenvalue weighted by atomic mass is 16.7.